The third-order valence-electron chi connectivity index (χ3n) is 4.01. The van der Waals surface area contributed by atoms with Crippen molar-refractivity contribution in [1.82, 2.24) is 5.32 Å². The van der Waals surface area contributed by atoms with Crippen LogP contribution in [-0.2, 0) is 6.42 Å². The summed E-state index contributed by atoms with van der Waals surface area (Å²) >= 11 is 0. The van der Waals surface area contributed by atoms with E-state index in [1.54, 1.807) is 0 Å². The van der Waals surface area contributed by atoms with E-state index in [4.69, 9.17) is 0 Å². The van der Waals surface area contributed by atoms with Crippen molar-refractivity contribution in [1.29, 1.82) is 0 Å². The van der Waals surface area contributed by atoms with Crippen molar-refractivity contribution < 1.29 is 5.11 Å². The number of benzene rings is 1. The molecule has 1 aliphatic rings. The number of aryl methyl sites for hydroxylation is 1. The molecule has 0 bridgehead atoms. The molecule has 0 heterocycles. The summed E-state index contributed by atoms with van der Waals surface area (Å²) in [7, 11) is 0. The van der Waals surface area contributed by atoms with Crippen molar-refractivity contribution >= 4 is 12.4 Å². The molecular formula is C16H26ClNO. The Morgan fingerprint density at radius 1 is 1.26 bits per heavy atom. The molecule has 0 fully saturated rings. The maximum atomic E-state index is 10.2. The summed E-state index contributed by atoms with van der Waals surface area (Å²) in [5.74, 6) is 0.973. The molecule has 0 saturated heterocycles. The zero-order chi connectivity index (χ0) is 13.0. The summed E-state index contributed by atoms with van der Waals surface area (Å²) in [6.45, 7) is 5.51. The molecule has 0 amide bonds. The number of rotatable bonds is 5. The van der Waals surface area contributed by atoms with Crippen LogP contribution in [-0.4, -0.2) is 17.7 Å². The SMILES string of the molecule is CCCN[C@@H]1CCc2cccc(O)c2[C@@H]1CCC.Cl. The lowest BCUT2D eigenvalue weighted by Gasteiger charge is -2.34. The first kappa shape index (κ1) is 16.3. The number of halogens is 1. The molecule has 0 unspecified atom stereocenters. The molecule has 0 aliphatic heterocycles. The average Bonchev–Trinajstić information content (AvgIpc) is 2.38. The van der Waals surface area contributed by atoms with Gasteiger partial charge in [0.1, 0.15) is 5.75 Å². The van der Waals surface area contributed by atoms with Crippen LogP contribution < -0.4 is 5.32 Å². The van der Waals surface area contributed by atoms with E-state index in [9.17, 15) is 5.11 Å². The van der Waals surface area contributed by atoms with Gasteiger partial charge in [0.15, 0.2) is 0 Å². The Balaban J connectivity index is 0.00000180. The van der Waals surface area contributed by atoms with Crippen molar-refractivity contribution in [2.45, 2.75) is 57.9 Å². The van der Waals surface area contributed by atoms with Gasteiger partial charge < -0.3 is 10.4 Å². The monoisotopic (exact) mass is 283 g/mol. The minimum atomic E-state index is 0. The predicted octanol–water partition coefficient (Wildman–Crippen LogP) is 4.01. The minimum absolute atomic E-state index is 0. The van der Waals surface area contributed by atoms with E-state index in [0.29, 0.717) is 17.7 Å². The van der Waals surface area contributed by atoms with Crippen molar-refractivity contribution in [3.05, 3.63) is 29.3 Å². The van der Waals surface area contributed by atoms with E-state index in [1.807, 2.05) is 12.1 Å². The van der Waals surface area contributed by atoms with E-state index >= 15 is 0 Å². The lowest BCUT2D eigenvalue weighted by Crippen LogP contribution is -2.38. The number of fused-ring (bicyclic) bond motifs is 1. The topological polar surface area (TPSA) is 32.3 Å². The summed E-state index contributed by atoms with van der Waals surface area (Å²) in [6, 6.07) is 6.51. The van der Waals surface area contributed by atoms with Gasteiger partial charge in [0, 0.05) is 17.5 Å². The quantitative estimate of drug-likeness (QED) is 0.856. The van der Waals surface area contributed by atoms with Crippen LogP contribution >= 0.6 is 12.4 Å². The van der Waals surface area contributed by atoms with Crippen LogP contribution in [0.5, 0.6) is 5.75 Å². The zero-order valence-electron chi connectivity index (χ0n) is 12.0. The molecule has 1 aromatic rings. The number of hydrogen-bond donors (Lipinski definition) is 2. The highest BCUT2D eigenvalue weighted by Crippen LogP contribution is 2.40. The molecule has 2 atom stereocenters. The molecular weight excluding hydrogens is 258 g/mol. The second kappa shape index (κ2) is 7.76. The van der Waals surface area contributed by atoms with Gasteiger partial charge in [-0.3, -0.25) is 0 Å². The highest BCUT2D eigenvalue weighted by atomic mass is 35.5. The van der Waals surface area contributed by atoms with Crippen LogP contribution in [0.2, 0.25) is 0 Å². The van der Waals surface area contributed by atoms with Gasteiger partial charge >= 0.3 is 0 Å². The third-order valence-corrected chi connectivity index (χ3v) is 4.01. The van der Waals surface area contributed by atoms with E-state index < -0.39 is 0 Å². The van der Waals surface area contributed by atoms with Crippen LogP contribution in [0.4, 0.5) is 0 Å². The first-order chi connectivity index (χ1) is 8.77. The smallest absolute Gasteiger partial charge is 0.119 e. The lowest BCUT2D eigenvalue weighted by molar-refractivity contribution is 0.355. The molecule has 3 heteroatoms. The lowest BCUT2D eigenvalue weighted by atomic mass is 9.76. The molecule has 1 aliphatic carbocycles. The Labute approximate surface area is 123 Å². The molecule has 1 aromatic carbocycles. The first-order valence-corrected chi connectivity index (χ1v) is 7.32. The Morgan fingerprint density at radius 3 is 2.74 bits per heavy atom. The fraction of sp³-hybridized carbons (Fsp3) is 0.625. The second-order valence-corrected chi connectivity index (χ2v) is 5.34. The van der Waals surface area contributed by atoms with Gasteiger partial charge in [0.05, 0.1) is 0 Å². The minimum Gasteiger partial charge on any atom is -0.508 e. The molecule has 108 valence electrons. The Morgan fingerprint density at radius 2 is 2.05 bits per heavy atom. The Hall–Kier alpha value is -0.730. The normalized spacial score (nSPS) is 21.6. The highest BCUT2D eigenvalue weighted by molar-refractivity contribution is 5.85. The van der Waals surface area contributed by atoms with Crippen molar-refractivity contribution in [2.75, 3.05) is 6.54 Å². The Bertz CT molecular complexity index is 394. The third kappa shape index (κ3) is 3.64. The van der Waals surface area contributed by atoms with Crippen molar-refractivity contribution in [3.63, 3.8) is 0 Å². The van der Waals surface area contributed by atoms with E-state index in [0.717, 1.165) is 19.4 Å². The van der Waals surface area contributed by atoms with Gasteiger partial charge in [-0.1, -0.05) is 32.4 Å². The van der Waals surface area contributed by atoms with Crippen molar-refractivity contribution in [3.8, 4) is 5.75 Å². The predicted molar refractivity (Wildman–Crippen MR) is 83.4 cm³/mol. The van der Waals surface area contributed by atoms with Gasteiger partial charge in [-0.2, -0.15) is 0 Å². The molecule has 0 spiro atoms. The molecule has 2 rings (SSSR count). The van der Waals surface area contributed by atoms with Crippen LogP contribution in [0.1, 0.15) is 56.6 Å². The summed E-state index contributed by atoms with van der Waals surface area (Å²) in [6.07, 6.45) is 5.78. The van der Waals surface area contributed by atoms with Crippen LogP contribution in [0, 0.1) is 0 Å². The number of phenolic OH excluding ortho intramolecular Hbond substituents is 1. The van der Waals surface area contributed by atoms with Gasteiger partial charge in [0.2, 0.25) is 0 Å². The first-order valence-electron chi connectivity index (χ1n) is 7.32. The van der Waals surface area contributed by atoms with Crippen LogP contribution in [0.3, 0.4) is 0 Å². The number of aromatic hydroxyl groups is 1. The Kier molecular flexibility index (Phi) is 6.67. The summed E-state index contributed by atoms with van der Waals surface area (Å²) in [5, 5.41) is 13.8. The standard InChI is InChI=1S/C16H25NO.ClH/c1-3-6-13-14(17-11-4-2)10-9-12-7-5-8-15(18)16(12)13;/h5,7-8,13-14,17-18H,3-4,6,9-11H2,1-2H3;1H/t13-,14-;/m1./s1. The number of nitrogens with one attached hydrogen (secondary N) is 1. The maximum absolute atomic E-state index is 10.2. The van der Waals surface area contributed by atoms with E-state index in [-0.39, 0.29) is 12.4 Å². The highest BCUT2D eigenvalue weighted by Gasteiger charge is 2.30. The van der Waals surface area contributed by atoms with Crippen molar-refractivity contribution in [2.24, 2.45) is 0 Å². The fourth-order valence-electron chi connectivity index (χ4n) is 3.19. The average molecular weight is 284 g/mol. The fourth-order valence-corrected chi connectivity index (χ4v) is 3.19. The molecule has 2 N–H and O–H groups in total. The summed E-state index contributed by atoms with van der Waals surface area (Å²) in [5.41, 5.74) is 2.56. The molecule has 0 radical (unpaired) electrons. The van der Waals surface area contributed by atoms with E-state index in [2.05, 4.69) is 25.2 Å². The molecule has 2 nitrogen and oxygen atoms in total. The van der Waals surface area contributed by atoms with Gasteiger partial charge in [-0.05, 0) is 43.9 Å². The molecule has 19 heavy (non-hydrogen) atoms. The number of phenols is 1. The van der Waals surface area contributed by atoms with Gasteiger partial charge in [-0.15, -0.1) is 12.4 Å². The van der Waals surface area contributed by atoms with Crippen LogP contribution in [0.25, 0.3) is 0 Å². The molecule has 0 saturated carbocycles. The van der Waals surface area contributed by atoms with Crippen LogP contribution in [0.15, 0.2) is 18.2 Å². The van der Waals surface area contributed by atoms with E-state index in [1.165, 1.54) is 30.4 Å². The van der Waals surface area contributed by atoms with Gasteiger partial charge in [-0.25, -0.2) is 0 Å². The summed E-state index contributed by atoms with van der Waals surface area (Å²) in [4.78, 5) is 0. The number of hydrogen-bond acceptors (Lipinski definition) is 2. The zero-order valence-corrected chi connectivity index (χ0v) is 12.8. The largest absolute Gasteiger partial charge is 0.508 e. The maximum Gasteiger partial charge on any atom is 0.119 e. The second-order valence-electron chi connectivity index (χ2n) is 5.34. The summed E-state index contributed by atoms with van der Waals surface area (Å²) < 4.78 is 0. The van der Waals surface area contributed by atoms with Gasteiger partial charge in [0.25, 0.3) is 0 Å². The molecule has 0 aromatic heterocycles.